The van der Waals surface area contributed by atoms with Crippen molar-refractivity contribution in [2.75, 3.05) is 6.61 Å². The van der Waals surface area contributed by atoms with Crippen molar-refractivity contribution in [2.24, 2.45) is 0 Å². The Morgan fingerprint density at radius 1 is 1.50 bits per heavy atom. The van der Waals surface area contributed by atoms with Gasteiger partial charge in [0.15, 0.2) is 6.29 Å². The zero-order valence-electron chi connectivity index (χ0n) is 10.6. The highest BCUT2D eigenvalue weighted by Gasteiger charge is 2.43. The van der Waals surface area contributed by atoms with E-state index in [1.165, 1.54) is 17.5 Å². The number of thiophene rings is 1. The number of carbonyl (C=O) groups is 1. The summed E-state index contributed by atoms with van der Waals surface area (Å²) in [6, 6.07) is 4.90. The van der Waals surface area contributed by atoms with Gasteiger partial charge in [0.1, 0.15) is 18.4 Å². The fourth-order valence-electron chi connectivity index (χ4n) is 2.38. The van der Waals surface area contributed by atoms with E-state index in [2.05, 4.69) is 4.98 Å². The summed E-state index contributed by atoms with van der Waals surface area (Å²) >= 11 is 1.33. The van der Waals surface area contributed by atoms with Gasteiger partial charge in [-0.25, -0.2) is 0 Å². The Morgan fingerprint density at radius 3 is 3.00 bits per heavy atom. The number of aromatic nitrogens is 1. The van der Waals surface area contributed by atoms with E-state index in [1.54, 1.807) is 18.2 Å². The lowest BCUT2D eigenvalue weighted by atomic mass is 9.95. The molecule has 0 fully saturated rings. The molecule has 0 saturated heterocycles. The van der Waals surface area contributed by atoms with Crippen LogP contribution < -0.4 is 0 Å². The van der Waals surface area contributed by atoms with E-state index in [-0.39, 0.29) is 5.69 Å². The highest BCUT2D eigenvalue weighted by molar-refractivity contribution is 7.13. The number of aryl methyl sites for hydroxylation is 1. The Bertz CT molecular complexity index is 669. The average Bonchev–Trinajstić information content (AvgIpc) is 2.80. The smallest absolute Gasteiger partial charge is 0.312 e. The van der Waals surface area contributed by atoms with Crippen molar-refractivity contribution in [3.63, 3.8) is 0 Å². The van der Waals surface area contributed by atoms with Gasteiger partial charge in [0, 0.05) is 16.6 Å². The summed E-state index contributed by atoms with van der Waals surface area (Å²) in [6.07, 6.45) is 1.51. The second-order valence-electron chi connectivity index (χ2n) is 4.61. The Morgan fingerprint density at radius 2 is 2.30 bits per heavy atom. The molecule has 0 aliphatic carbocycles. The van der Waals surface area contributed by atoms with Gasteiger partial charge in [0.05, 0.1) is 4.88 Å². The third-order valence-corrected chi connectivity index (χ3v) is 4.26. The van der Waals surface area contributed by atoms with Crippen LogP contribution in [0.15, 0.2) is 24.4 Å². The number of carbonyl (C=O) groups excluding carboxylic acids is 1. The number of rotatable bonds is 2. The van der Waals surface area contributed by atoms with E-state index < -0.39 is 18.6 Å². The molecule has 2 aromatic rings. The molecule has 0 amide bonds. The van der Waals surface area contributed by atoms with Gasteiger partial charge < -0.3 is 4.74 Å². The molecule has 1 unspecified atom stereocenters. The topological polar surface area (TPSA) is 39.2 Å². The van der Waals surface area contributed by atoms with Crippen LogP contribution in [0.4, 0.5) is 8.78 Å². The maximum Gasteiger partial charge on any atom is 0.312 e. The number of halogens is 2. The molecular weight excluding hydrogens is 284 g/mol. The van der Waals surface area contributed by atoms with E-state index in [1.807, 2.05) is 6.92 Å². The molecule has 0 radical (unpaired) electrons. The molecule has 3 nitrogen and oxygen atoms in total. The van der Waals surface area contributed by atoms with Crippen LogP contribution in [0.1, 0.15) is 37.5 Å². The second-order valence-corrected chi connectivity index (χ2v) is 5.90. The SMILES string of the molecule is Cc1sc(C=O)cc1C1OCC(F)(F)c2ncccc21. The fourth-order valence-corrected chi connectivity index (χ4v) is 3.25. The molecule has 20 heavy (non-hydrogen) atoms. The minimum atomic E-state index is -3.08. The van der Waals surface area contributed by atoms with Crippen molar-refractivity contribution in [1.82, 2.24) is 4.98 Å². The maximum atomic E-state index is 13.8. The first-order chi connectivity index (χ1) is 9.53. The Balaban J connectivity index is 2.12. The number of aldehydes is 1. The second kappa shape index (κ2) is 4.71. The molecule has 3 heterocycles. The van der Waals surface area contributed by atoms with E-state index in [4.69, 9.17) is 4.74 Å². The van der Waals surface area contributed by atoms with Crippen molar-refractivity contribution >= 4 is 17.6 Å². The number of nitrogens with zero attached hydrogens (tertiary/aromatic N) is 1. The average molecular weight is 295 g/mol. The van der Waals surface area contributed by atoms with E-state index in [0.29, 0.717) is 10.4 Å². The zero-order chi connectivity index (χ0) is 14.3. The van der Waals surface area contributed by atoms with Crippen LogP contribution >= 0.6 is 11.3 Å². The molecule has 1 atom stereocenters. The molecule has 2 aromatic heterocycles. The standard InChI is InChI=1S/C14H11F2NO2S/c1-8-11(5-9(6-18)20-8)12-10-3-2-4-17-13(10)14(15,16)7-19-12/h2-6,12H,7H2,1H3. The van der Waals surface area contributed by atoms with Crippen molar-refractivity contribution in [1.29, 1.82) is 0 Å². The third-order valence-electron chi connectivity index (χ3n) is 3.27. The molecule has 1 aliphatic rings. The first kappa shape index (κ1) is 13.3. The predicted molar refractivity (Wildman–Crippen MR) is 70.4 cm³/mol. The van der Waals surface area contributed by atoms with Gasteiger partial charge in [-0.1, -0.05) is 6.07 Å². The minimum Gasteiger partial charge on any atom is -0.362 e. The molecule has 0 bridgehead atoms. The molecular formula is C14H11F2NO2S. The highest BCUT2D eigenvalue weighted by Crippen LogP contribution is 2.43. The number of hydrogen-bond acceptors (Lipinski definition) is 4. The van der Waals surface area contributed by atoms with Crippen molar-refractivity contribution < 1.29 is 18.3 Å². The third kappa shape index (κ3) is 2.05. The molecule has 1 aliphatic heterocycles. The minimum absolute atomic E-state index is 0.241. The summed E-state index contributed by atoms with van der Waals surface area (Å²) < 4.78 is 33.0. The van der Waals surface area contributed by atoms with Crippen LogP contribution in [-0.4, -0.2) is 17.9 Å². The van der Waals surface area contributed by atoms with Gasteiger partial charge in [-0.3, -0.25) is 9.78 Å². The lowest BCUT2D eigenvalue weighted by Gasteiger charge is -2.30. The van der Waals surface area contributed by atoms with Crippen LogP contribution in [0, 0.1) is 6.92 Å². The van der Waals surface area contributed by atoms with Gasteiger partial charge in [-0.2, -0.15) is 8.78 Å². The normalized spacial score (nSPS) is 20.4. The van der Waals surface area contributed by atoms with Crippen LogP contribution in [-0.2, 0) is 10.7 Å². The lowest BCUT2D eigenvalue weighted by Crippen LogP contribution is -2.32. The van der Waals surface area contributed by atoms with E-state index in [0.717, 1.165) is 16.7 Å². The van der Waals surface area contributed by atoms with Gasteiger partial charge >= 0.3 is 5.92 Å². The molecule has 0 spiro atoms. The van der Waals surface area contributed by atoms with E-state index >= 15 is 0 Å². The van der Waals surface area contributed by atoms with E-state index in [9.17, 15) is 13.6 Å². The summed E-state index contributed by atoms with van der Waals surface area (Å²) in [6.45, 7) is 1.15. The van der Waals surface area contributed by atoms with Crippen LogP contribution in [0.25, 0.3) is 0 Å². The Labute approximate surface area is 118 Å². The van der Waals surface area contributed by atoms with Crippen molar-refractivity contribution in [3.05, 3.63) is 51.0 Å². The van der Waals surface area contributed by atoms with Crippen molar-refractivity contribution in [3.8, 4) is 0 Å². The van der Waals surface area contributed by atoms with Gasteiger partial charge in [0.25, 0.3) is 0 Å². The zero-order valence-corrected chi connectivity index (χ0v) is 11.4. The van der Waals surface area contributed by atoms with Gasteiger partial charge in [0.2, 0.25) is 0 Å². The molecule has 0 aromatic carbocycles. The lowest BCUT2D eigenvalue weighted by molar-refractivity contribution is -0.119. The predicted octanol–water partition coefficient (Wildman–Crippen LogP) is 3.48. The Hall–Kier alpha value is -1.66. The summed E-state index contributed by atoms with van der Waals surface area (Å²) in [4.78, 5) is 16.1. The quantitative estimate of drug-likeness (QED) is 0.796. The first-order valence-electron chi connectivity index (χ1n) is 6.03. The fraction of sp³-hybridized carbons (Fsp3) is 0.286. The van der Waals surface area contributed by atoms with Crippen LogP contribution in [0.2, 0.25) is 0 Å². The molecule has 3 rings (SSSR count). The van der Waals surface area contributed by atoms with Gasteiger partial charge in [-0.15, -0.1) is 11.3 Å². The first-order valence-corrected chi connectivity index (χ1v) is 6.85. The summed E-state index contributed by atoms with van der Waals surface area (Å²) in [5.41, 5.74) is 0.874. The maximum absolute atomic E-state index is 13.8. The van der Waals surface area contributed by atoms with Crippen molar-refractivity contribution in [2.45, 2.75) is 19.0 Å². The molecule has 0 N–H and O–H groups in total. The largest absolute Gasteiger partial charge is 0.362 e. The Kier molecular flexibility index (Phi) is 3.14. The molecule has 6 heteroatoms. The summed E-state index contributed by atoms with van der Waals surface area (Å²) in [7, 11) is 0. The summed E-state index contributed by atoms with van der Waals surface area (Å²) in [5.74, 6) is -3.08. The number of alkyl halides is 2. The number of hydrogen-bond donors (Lipinski definition) is 0. The molecule has 104 valence electrons. The van der Waals surface area contributed by atoms with Crippen LogP contribution in [0.5, 0.6) is 0 Å². The number of fused-ring (bicyclic) bond motifs is 1. The highest BCUT2D eigenvalue weighted by atomic mass is 32.1. The van der Waals surface area contributed by atoms with Gasteiger partial charge in [-0.05, 0) is 24.6 Å². The number of pyridine rings is 1. The summed E-state index contributed by atoms with van der Waals surface area (Å²) in [5, 5.41) is 0. The monoisotopic (exact) mass is 295 g/mol. The van der Waals surface area contributed by atoms with Crippen LogP contribution in [0.3, 0.4) is 0 Å². The number of ether oxygens (including phenoxy) is 1. The molecule has 0 saturated carbocycles.